The predicted octanol–water partition coefficient (Wildman–Crippen LogP) is 1.59. The first-order valence-electron chi connectivity index (χ1n) is 10.6. The highest BCUT2D eigenvalue weighted by Crippen LogP contribution is 2.21. The summed E-state index contributed by atoms with van der Waals surface area (Å²) in [5.74, 6) is 0.979. The summed E-state index contributed by atoms with van der Waals surface area (Å²) in [5.41, 5.74) is 3.81. The summed E-state index contributed by atoms with van der Waals surface area (Å²) in [7, 11) is 3.46. The van der Waals surface area contributed by atoms with Gasteiger partial charge in [0.05, 0.1) is 13.2 Å². The number of hydrogen-bond acceptors (Lipinski definition) is 4. The Hall–Kier alpha value is -1.85. The largest absolute Gasteiger partial charge is 0.383 e. The second kappa shape index (κ2) is 12.9. The van der Waals surface area contributed by atoms with Crippen LogP contribution in [0.3, 0.4) is 0 Å². The summed E-state index contributed by atoms with van der Waals surface area (Å²) in [6, 6.07) is 6.41. The molecule has 0 radical (unpaired) electrons. The number of amides is 1. The van der Waals surface area contributed by atoms with Gasteiger partial charge in [-0.15, -0.1) is 24.0 Å². The lowest BCUT2D eigenvalue weighted by Gasteiger charge is -2.36. The topological polar surface area (TPSA) is 85.0 Å². The summed E-state index contributed by atoms with van der Waals surface area (Å²) >= 11 is 0. The fourth-order valence-corrected chi connectivity index (χ4v) is 3.88. The van der Waals surface area contributed by atoms with Crippen molar-refractivity contribution in [3.8, 4) is 0 Å². The number of aromatic nitrogens is 1. The van der Waals surface area contributed by atoms with Crippen LogP contribution in [0.2, 0.25) is 0 Å². The molecule has 1 aromatic heterocycles. The van der Waals surface area contributed by atoms with Crippen LogP contribution in [-0.2, 0) is 16.0 Å². The number of guanidine groups is 1. The van der Waals surface area contributed by atoms with Crippen molar-refractivity contribution < 1.29 is 9.53 Å². The number of nitrogens with one attached hydrogen (secondary N) is 3. The Labute approximate surface area is 201 Å². The Kier molecular flexibility index (Phi) is 10.6. The first kappa shape index (κ1) is 25.4. The Morgan fingerprint density at radius 1 is 1.19 bits per heavy atom. The number of aromatic amines is 1. The van der Waals surface area contributed by atoms with E-state index in [0.717, 1.165) is 45.1 Å². The van der Waals surface area contributed by atoms with Crippen molar-refractivity contribution >= 4 is 46.7 Å². The number of piperazine rings is 1. The molecule has 2 aromatic rings. The lowest BCUT2D eigenvalue weighted by Crippen LogP contribution is -2.54. The number of hydrogen-bond donors (Lipinski definition) is 3. The fraction of sp³-hybridized carbons (Fsp3) is 0.545. The third-order valence-corrected chi connectivity index (χ3v) is 5.57. The highest BCUT2D eigenvalue weighted by molar-refractivity contribution is 14.0. The first-order valence-corrected chi connectivity index (χ1v) is 10.6. The normalized spacial score (nSPS) is 15.1. The average molecular weight is 542 g/mol. The Morgan fingerprint density at radius 3 is 2.68 bits per heavy atom. The molecular weight excluding hydrogens is 507 g/mol. The van der Waals surface area contributed by atoms with Gasteiger partial charge in [0.25, 0.3) is 0 Å². The molecule has 0 unspecified atom stereocenters. The van der Waals surface area contributed by atoms with Gasteiger partial charge in [-0.25, -0.2) is 0 Å². The lowest BCUT2D eigenvalue weighted by atomic mass is 10.1. The van der Waals surface area contributed by atoms with E-state index >= 15 is 0 Å². The third-order valence-electron chi connectivity index (χ3n) is 5.57. The molecule has 0 spiro atoms. The molecule has 1 saturated heterocycles. The van der Waals surface area contributed by atoms with E-state index in [9.17, 15) is 4.79 Å². The second-order valence-electron chi connectivity index (χ2n) is 7.64. The highest BCUT2D eigenvalue weighted by atomic mass is 127. The number of halogens is 1. The molecule has 0 aliphatic carbocycles. The zero-order chi connectivity index (χ0) is 21.3. The molecule has 3 rings (SSSR count). The van der Waals surface area contributed by atoms with Gasteiger partial charge in [0.15, 0.2) is 5.96 Å². The van der Waals surface area contributed by atoms with Crippen LogP contribution in [0, 0.1) is 6.92 Å². The Morgan fingerprint density at radius 2 is 1.97 bits per heavy atom. The summed E-state index contributed by atoms with van der Waals surface area (Å²) in [4.78, 5) is 24.3. The van der Waals surface area contributed by atoms with Gasteiger partial charge in [-0.3, -0.25) is 14.7 Å². The number of carbonyl (C=O) groups excluding carboxylic acids is 1. The Balaban J connectivity index is 0.00000341. The molecule has 172 valence electrons. The van der Waals surface area contributed by atoms with Crippen LogP contribution in [0.5, 0.6) is 0 Å². The SMILES string of the molecule is CN=C(NCCc1c[nH]c2c(C)cccc12)N1CCN(CC(=O)NCCOC)CC1.I. The zero-order valence-electron chi connectivity index (χ0n) is 18.7. The number of H-pyrrole nitrogens is 1. The van der Waals surface area contributed by atoms with Crippen LogP contribution in [0.15, 0.2) is 29.4 Å². The van der Waals surface area contributed by atoms with E-state index in [-0.39, 0.29) is 29.9 Å². The molecule has 8 nitrogen and oxygen atoms in total. The fourth-order valence-electron chi connectivity index (χ4n) is 3.88. The molecule has 1 aliphatic heterocycles. The predicted molar refractivity (Wildman–Crippen MR) is 136 cm³/mol. The van der Waals surface area contributed by atoms with Crippen LogP contribution in [0.4, 0.5) is 0 Å². The zero-order valence-corrected chi connectivity index (χ0v) is 21.1. The maximum Gasteiger partial charge on any atom is 0.234 e. The van der Waals surface area contributed by atoms with Gasteiger partial charge in [-0.05, 0) is 24.5 Å². The lowest BCUT2D eigenvalue weighted by molar-refractivity contribution is -0.122. The highest BCUT2D eigenvalue weighted by Gasteiger charge is 2.21. The van der Waals surface area contributed by atoms with Crippen LogP contribution in [-0.4, -0.2) is 93.2 Å². The minimum absolute atomic E-state index is 0. The van der Waals surface area contributed by atoms with Crippen molar-refractivity contribution in [2.45, 2.75) is 13.3 Å². The summed E-state index contributed by atoms with van der Waals surface area (Å²) in [6.07, 6.45) is 3.04. The molecule has 31 heavy (non-hydrogen) atoms. The minimum Gasteiger partial charge on any atom is -0.383 e. The van der Waals surface area contributed by atoms with E-state index in [4.69, 9.17) is 4.74 Å². The number of benzene rings is 1. The number of ether oxygens (including phenoxy) is 1. The number of methoxy groups -OCH3 is 1. The summed E-state index contributed by atoms with van der Waals surface area (Å²) in [6.45, 7) is 7.90. The molecule has 9 heteroatoms. The second-order valence-corrected chi connectivity index (χ2v) is 7.64. The smallest absolute Gasteiger partial charge is 0.234 e. The molecule has 0 bridgehead atoms. The monoisotopic (exact) mass is 542 g/mol. The number of nitrogens with zero attached hydrogens (tertiary/aromatic N) is 3. The number of fused-ring (bicyclic) bond motifs is 1. The first-order chi connectivity index (χ1) is 14.6. The van der Waals surface area contributed by atoms with Crippen molar-refractivity contribution in [1.29, 1.82) is 0 Å². The van der Waals surface area contributed by atoms with E-state index < -0.39 is 0 Å². The van der Waals surface area contributed by atoms with Gasteiger partial charge in [0, 0.05) is 70.5 Å². The third kappa shape index (κ3) is 7.08. The van der Waals surface area contributed by atoms with E-state index in [0.29, 0.717) is 19.7 Å². The minimum atomic E-state index is 0. The van der Waals surface area contributed by atoms with Gasteiger partial charge in [0.1, 0.15) is 0 Å². The van der Waals surface area contributed by atoms with Gasteiger partial charge >= 0.3 is 0 Å². The van der Waals surface area contributed by atoms with Crippen molar-refractivity contribution in [1.82, 2.24) is 25.4 Å². The summed E-state index contributed by atoms with van der Waals surface area (Å²) in [5, 5.41) is 7.67. The number of rotatable bonds is 8. The summed E-state index contributed by atoms with van der Waals surface area (Å²) < 4.78 is 4.96. The van der Waals surface area contributed by atoms with E-state index in [1.165, 1.54) is 22.0 Å². The molecule has 2 heterocycles. The Bertz CT molecular complexity index is 861. The molecule has 3 N–H and O–H groups in total. The van der Waals surface area contributed by atoms with Crippen molar-refractivity contribution in [2.24, 2.45) is 4.99 Å². The van der Waals surface area contributed by atoms with Gasteiger partial charge in [-0.2, -0.15) is 0 Å². The molecule has 0 atom stereocenters. The average Bonchev–Trinajstić information content (AvgIpc) is 3.17. The molecule has 1 amide bonds. The van der Waals surface area contributed by atoms with Crippen molar-refractivity contribution in [3.63, 3.8) is 0 Å². The van der Waals surface area contributed by atoms with E-state index in [2.05, 4.69) is 61.7 Å². The molecule has 1 aromatic carbocycles. The quantitative estimate of drug-likeness (QED) is 0.204. The van der Waals surface area contributed by atoms with Gasteiger partial charge in [-0.1, -0.05) is 18.2 Å². The number of carbonyl (C=O) groups is 1. The van der Waals surface area contributed by atoms with Crippen LogP contribution in [0.1, 0.15) is 11.1 Å². The number of aryl methyl sites for hydroxylation is 1. The standard InChI is InChI=1S/C22H34N6O2.HI/c1-17-5-4-6-19-18(15-26-21(17)19)7-8-25-22(23-2)28-12-10-27(11-13-28)16-20(29)24-9-14-30-3;/h4-6,15,26H,7-14,16H2,1-3H3,(H,23,25)(H,24,29);1H. The van der Waals surface area contributed by atoms with Crippen molar-refractivity contribution in [3.05, 3.63) is 35.5 Å². The molecular formula is C22H35IN6O2. The molecule has 0 saturated carbocycles. The van der Waals surface area contributed by atoms with Gasteiger partial charge < -0.3 is 25.3 Å². The number of aliphatic imine (C=N–C) groups is 1. The molecule has 1 aliphatic rings. The van der Waals surface area contributed by atoms with E-state index in [1.807, 2.05) is 7.05 Å². The maximum atomic E-state index is 12.0. The molecule has 1 fully saturated rings. The van der Waals surface area contributed by atoms with Crippen LogP contribution >= 0.6 is 24.0 Å². The van der Waals surface area contributed by atoms with E-state index in [1.54, 1.807) is 7.11 Å². The van der Waals surface area contributed by atoms with Gasteiger partial charge in [0.2, 0.25) is 5.91 Å². The maximum absolute atomic E-state index is 12.0. The number of para-hydroxylation sites is 1. The van der Waals surface area contributed by atoms with Crippen molar-refractivity contribution in [2.75, 3.05) is 66.6 Å². The van der Waals surface area contributed by atoms with Crippen LogP contribution < -0.4 is 10.6 Å². The van der Waals surface area contributed by atoms with Crippen LogP contribution in [0.25, 0.3) is 10.9 Å².